The molecule has 2 atom stereocenters. The van der Waals surface area contributed by atoms with Crippen molar-refractivity contribution in [2.75, 3.05) is 6.54 Å². The van der Waals surface area contributed by atoms with E-state index < -0.39 is 0 Å². The molecule has 0 bridgehead atoms. The van der Waals surface area contributed by atoms with Gasteiger partial charge in [-0.2, -0.15) is 0 Å². The lowest BCUT2D eigenvalue weighted by Crippen LogP contribution is -2.33. The molecule has 78 valence electrons. The molecule has 3 nitrogen and oxygen atoms in total. The molecule has 4 heteroatoms. The van der Waals surface area contributed by atoms with E-state index in [1.165, 1.54) is 19.3 Å². The van der Waals surface area contributed by atoms with E-state index in [9.17, 15) is 0 Å². The predicted octanol–water partition coefficient (Wildman–Crippen LogP) is 2.30. The molecule has 2 unspecified atom stereocenters. The third-order valence-corrected chi connectivity index (χ3v) is 3.85. The Bertz CT molecular complexity index is 263. The summed E-state index contributed by atoms with van der Waals surface area (Å²) < 4.78 is 5.25. The number of thioether (sulfide) groups is 1. The second kappa shape index (κ2) is 4.84. The lowest BCUT2D eigenvalue weighted by atomic mass is 10.2. The fourth-order valence-electron chi connectivity index (χ4n) is 1.96. The van der Waals surface area contributed by atoms with Gasteiger partial charge in [0.2, 0.25) is 0 Å². The topological polar surface area (TPSA) is 38.1 Å². The molecule has 0 amide bonds. The molecular formula is C10H16N2OS. The number of nitrogens with zero attached hydrogens (tertiary/aromatic N) is 1. The van der Waals surface area contributed by atoms with Crippen LogP contribution >= 0.6 is 11.8 Å². The van der Waals surface area contributed by atoms with E-state index in [1.807, 2.05) is 0 Å². The van der Waals surface area contributed by atoms with Crippen LogP contribution in [0.4, 0.5) is 0 Å². The minimum absolute atomic E-state index is 0.633. The number of nitrogens with one attached hydrogen (secondary N) is 1. The van der Waals surface area contributed by atoms with E-state index in [0.717, 1.165) is 11.8 Å². The van der Waals surface area contributed by atoms with E-state index >= 15 is 0 Å². The highest BCUT2D eigenvalue weighted by Gasteiger charge is 2.28. The summed E-state index contributed by atoms with van der Waals surface area (Å²) in [5.74, 6) is 0. The maximum Gasteiger partial charge on any atom is 0.255 e. The van der Waals surface area contributed by atoms with Crippen molar-refractivity contribution in [3.8, 4) is 0 Å². The maximum atomic E-state index is 5.25. The van der Waals surface area contributed by atoms with Gasteiger partial charge < -0.3 is 9.73 Å². The van der Waals surface area contributed by atoms with Crippen molar-refractivity contribution in [2.24, 2.45) is 0 Å². The van der Waals surface area contributed by atoms with Crippen LogP contribution in [0.25, 0.3) is 0 Å². The average Bonchev–Trinajstić information content (AvgIpc) is 2.80. The van der Waals surface area contributed by atoms with Crippen LogP contribution in [0, 0.1) is 0 Å². The average molecular weight is 212 g/mol. The van der Waals surface area contributed by atoms with E-state index in [1.54, 1.807) is 24.2 Å². The Morgan fingerprint density at radius 2 is 2.57 bits per heavy atom. The SMILES string of the molecule is CCNC1CCCC1Sc1ncco1. The van der Waals surface area contributed by atoms with Crippen LogP contribution in [0.3, 0.4) is 0 Å². The smallest absolute Gasteiger partial charge is 0.255 e. The van der Waals surface area contributed by atoms with Crippen molar-refractivity contribution < 1.29 is 4.42 Å². The predicted molar refractivity (Wildman–Crippen MR) is 57.5 cm³/mol. The summed E-state index contributed by atoms with van der Waals surface area (Å²) in [6.07, 6.45) is 7.21. The lowest BCUT2D eigenvalue weighted by Gasteiger charge is -2.17. The summed E-state index contributed by atoms with van der Waals surface area (Å²) in [7, 11) is 0. The van der Waals surface area contributed by atoms with Crippen LogP contribution in [0.15, 0.2) is 22.1 Å². The van der Waals surface area contributed by atoms with Gasteiger partial charge in [-0.25, -0.2) is 4.98 Å². The Hall–Kier alpha value is -0.480. The summed E-state index contributed by atoms with van der Waals surface area (Å²) in [4.78, 5) is 4.14. The molecule has 14 heavy (non-hydrogen) atoms. The van der Waals surface area contributed by atoms with Crippen molar-refractivity contribution in [1.82, 2.24) is 10.3 Å². The number of oxazole rings is 1. The Balaban J connectivity index is 1.90. The molecule has 2 rings (SSSR count). The molecule has 1 fully saturated rings. The third kappa shape index (κ3) is 2.30. The molecular weight excluding hydrogens is 196 g/mol. The van der Waals surface area contributed by atoms with Gasteiger partial charge in [0.1, 0.15) is 6.26 Å². The minimum atomic E-state index is 0.633. The highest BCUT2D eigenvalue weighted by Crippen LogP contribution is 2.34. The fraction of sp³-hybridized carbons (Fsp3) is 0.700. The standard InChI is InChI=1S/C10H16N2OS/c1-2-11-8-4-3-5-9(8)14-10-12-6-7-13-10/h6-9,11H,2-5H2,1H3. The molecule has 1 aromatic rings. The van der Waals surface area contributed by atoms with Gasteiger partial charge >= 0.3 is 0 Å². The van der Waals surface area contributed by atoms with Crippen molar-refractivity contribution >= 4 is 11.8 Å². The second-order valence-corrected chi connectivity index (χ2v) is 4.74. The molecule has 0 aromatic carbocycles. The Kier molecular flexibility index (Phi) is 3.48. The van der Waals surface area contributed by atoms with Crippen LogP contribution < -0.4 is 5.32 Å². The van der Waals surface area contributed by atoms with Crippen molar-refractivity contribution in [2.45, 2.75) is 42.7 Å². The molecule has 1 N–H and O–H groups in total. The zero-order chi connectivity index (χ0) is 9.80. The summed E-state index contributed by atoms with van der Waals surface area (Å²) in [6, 6.07) is 0.636. The summed E-state index contributed by atoms with van der Waals surface area (Å²) in [6.45, 7) is 3.21. The Morgan fingerprint density at radius 3 is 3.29 bits per heavy atom. The van der Waals surface area contributed by atoms with Gasteiger partial charge in [0, 0.05) is 11.3 Å². The van der Waals surface area contributed by atoms with Gasteiger partial charge in [0.05, 0.1) is 6.20 Å². The molecule has 1 aliphatic carbocycles. The second-order valence-electron chi connectivity index (χ2n) is 3.55. The molecule has 1 aromatic heterocycles. The van der Waals surface area contributed by atoms with E-state index in [0.29, 0.717) is 11.3 Å². The first-order valence-corrected chi connectivity index (χ1v) is 6.07. The summed E-state index contributed by atoms with van der Waals surface area (Å²) in [5.41, 5.74) is 0. The first-order chi connectivity index (χ1) is 6.90. The first-order valence-electron chi connectivity index (χ1n) is 5.19. The van der Waals surface area contributed by atoms with Gasteiger partial charge in [-0.15, -0.1) is 0 Å². The number of rotatable bonds is 4. The highest BCUT2D eigenvalue weighted by atomic mass is 32.2. The molecule has 0 spiro atoms. The molecule has 0 aliphatic heterocycles. The zero-order valence-corrected chi connectivity index (χ0v) is 9.22. The monoisotopic (exact) mass is 212 g/mol. The third-order valence-electron chi connectivity index (χ3n) is 2.58. The molecule has 1 saturated carbocycles. The van der Waals surface area contributed by atoms with Gasteiger partial charge in [0.25, 0.3) is 5.22 Å². The maximum absolute atomic E-state index is 5.25. The van der Waals surface area contributed by atoms with E-state index in [-0.39, 0.29) is 0 Å². The highest BCUT2D eigenvalue weighted by molar-refractivity contribution is 7.99. The van der Waals surface area contributed by atoms with Crippen LogP contribution in [0.2, 0.25) is 0 Å². The number of aromatic nitrogens is 1. The van der Waals surface area contributed by atoms with Gasteiger partial charge in [0.15, 0.2) is 0 Å². The van der Waals surface area contributed by atoms with E-state index in [2.05, 4.69) is 17.2 Å². The minimum Gasteiger partial charge on any atom is -0.440 e. The van der Waals surface area contributed by atoms with Gasteiger partial charge in [-0.05, 0) is 19.4 Å². The summed E-state index contributed by atoms with van der Waals surface area (Å²) in [5, 5.41) is 4.96. The van der Waals surface area contributed by atoms with Crippen LogP contribution in [0.5, 0.6) is 0 Å². The quantitative estimate of drug-likeness (QED) is 0.831. The number of hydrogen-bond donors (Lipinski definition) is 1. The zero-order valence-electron chi connectivity index (χ0n) is 8.40. The largest absolute Gasteiger partial charge is 0.440 e. The van der Waals surface area contributed by atoms with Crippen molar-refractivity contribution in [3.63, 3.8) is 0 Å². The molecule has 1 aliphatic rings. The van der Waals surface area contributed by atoms with Crippen LogP contribution in [0.1, 0.15) is 26.2 Å². The van der Waals surface area contributed by atoms with E-state index in [4.69, 9.17) is 4.42 Å². The van der Waals surface area contributed by atoms with Gasteiger partial charge in [-0.1, -0.05) is 25.1 Å². The van der Waals surface area contributed by atoms with Gasteiger partial charge in [-0.3, -0.25) is 0 Å². The fourth-order valence-corrected chi connectivity index (χ4v) is 3.13. The molecule has 1 heterocycles. The Morgan fingerprint density at radius 1 is 1.64 bits per heavy atom. The van der Waals surface area contributed by atoms with Crippen LogP contribution in [-0.2, 0) is 0 Å². The molecule has 0 radical (unpaired) electrons. The molecule has 0 saturated heterocycles. The van der Waals surface area contributed by atoms with Crippen molar-refractivity contribution in [3.05, 3.63) is 12.5 Å². The number of hydrogen-bond acceptors (Lipinski definition) is 4. The van der Waals surface area contributed by atoms with Crippen LogP contribution in [-0.4, -0.2) is 22.8 Å². The first kappa shape index (κ1) is 10.1. The summed E-state index contributed by atoms with van der Waals surface area (Å²) >= 11 is 1.77. The normalized spacial score (nSPS) is 26.9. The van der Waals surface area contributed by atoms with Crippen molar-refractivity contribution in [1.29, 1.82) is 0 Å². The Labute approximate surface area is 88.7 Å². The lowest BCUT2D eigenvalue weighted by molar-refractivity contribution is 0.450.